The van der Waals surface area contributed by atoms with E-state index in [-0.39, 0.29) is 12.0 Å². The van der Waals surface area contributed by atoms with Crippen molar-refractivity contribution in [3.63, 3.8) is 0 Å². The quantitative estimate of drug-likeness (QED) is 0.638. The minimum Gasteiger partial charge on any atom is -0.396 e. The van der Waals surface area contributed by atoms with Crippen LogP contribution < -0.4 is 10.6 Å². The van der Waals surface area contributed by atoms with Crippen LogP contribution >= 0.6 is 0 Å². The van der Waals surface area contributed by atoms with Crippen LogP contribution in [0.3, 0.4) is 0 Å². The van der Waals surface area contributed by atoms with Gasteiger partial charge in [0.15, 0.2) is 5.82 Å². The first kappa shape index (κ1) is 15.0. The molecule has 1 aromatic rings. The summed E-state index contributed by atoms with van der Waals surface area (Å²) >= 11 is 0. The minimum absolute atomic E-state index is 0.0589. The van der Waals surface area contributed by atoms with Gasteiger partial charge in [-0.15, -0.1) is 0 Å². The number of hydrogen-bond acceptors (Lipinski definition) is 6. The highest BCUT2D eigenvalue weighted by atomic mass is 16.5. The van der Waals surface area contributed by atoms with Crippen LogP contribution in [0, 0.1) is 5.41 Å². The number of rotatable bonds is 9. The summed E-state index contributed by atoms with van der Waals surface area (Å²) < 4.78 is 5.37. The average Bonchev–Trinajstić information content (AvgIpc) is 3.24. The predicted octanol–water partition coefficient (Wildman–Crippen LogP) is 1.63. The van der Waals surface area contributed by atoms with E-state index in [1.807, 2.05) is 19.9 Å². The first-order valence-electron chi connectivity index (χ1n) is 7.25. The molecule has 0 spiro atoms. The van der Waals surface area contributed by atoms with Gasteiger partial charge in [0.05, 0.1) is 6.61 Å². The Labute approximate surface area is 120 Å². The summed E-state index contributed by atoms with van der Waals surface area (Å²) in [5.74, 6) is 2.25. The van der Waals surface area contributed by atoms with Crippen LogP contribution in [0.15, 0.2) is 6.07 Å². The summed E-state index contributed by atoms with van der Waals surface area (Å²) in [7, 11) is 0. The normalized spacial score (nSPS) is 15.9. The van der Waals surface area contributed by atoms with Crippen LogP contribution in [-0.4, -0.2) is 41.4 Å². The zero-order valence-electron chi connectivity index (χ0n) is 12.3. The van der Waals surface area contributed by atoms with Crippen LogP contribution in [0.1, 0.15) is 32.5 Å². The molecule has 0 radical (unpaired) electrons. The Bertz CT molecular complexity index is 435. The van der Waals surface area contributed by atoms with Gasteiger partial charge in [-0.2, -0.15) is 0 Å². The molecule has 20 heavy (non-hydrogen) atoms. The summed E-state index contributed by atoms with van der Waals surface area (Å²) in [4.78, 5) is 8.85. The van der Waals surface area contributed by atoms with Crippen molar-refractivity contribution < 1.29 is 9.84 Å². The highest BCUT2D eigenvalue weighted by molar-refractivity contribution is 5.47. The number of aliphatic hydroxyl groups is 1. The monoisotopic (exact) mass is 280 g/mol. The maximum atomic E-state index is 9.34. The van der Waals surface area contributed by atoms with Crippen LogP contribution in [0.25, 0.3) is 0 Å². The Morgan fingerprint density at radius 2 is 1.95 bits per heavy atom. The van der Waals surface area contributed by atoms with E-state index < -0.39 is 0 Å². The Kier molecular flexibility index (Phi) is 5.14. The topological polar surface area (TPSA) is 79.3 Å². The van der Waals surface area contributed by atoms with E-state index in [0.717, 1.165) is 37.6 Å². The predicted molar refractivity (Wildman–Crippen MR) is 78.8 cm³/mol. The van der Waals surface area contributed by atoms with Crippen molar-refractivity contribution in [3.8, 4) is 0 Å². The van der Waals surface area contributed by atoms with Crippen molar-refractivity contribution in [3.05, 3.63) is 11.9 Å². The highest BCUT2D eigenvalue weighted by Crippen LogP contribution is 2.44. The lowest BCUT2D eigenvalue weighted by Gasteiger charge is -2.15. The Morgan fingerprint density at radius 3 is 2.50 bits per heavy atom. The van der Waals surface area contributed by atoms with Crippen molar-refractivity contribution in [1.82, 2.24) is 9.97 Å². The number of hydrogen-bond donors (Lipinski definition) is 3. The largest absolute Gasteiger partial charge is 0.396 e. The second kappa shape index (κ2) is 6.85. The number of nitrogens with zero attached hydrogens (tertiary/aromatic N) is 2. The molecule has 1 aromatic heterocycles. The lowest BCUT2D eigenvalue weighted by molar-refractivity contribution is 0.128. The van der Waals surface area contributed by atoms with Gasteiger partial charge in [-0.25, -0.2) is 9.97 Å². The van der Waals surface area contributed by atoms with Crippen molar-refractivity contribution >= 4 is 11.6 Å². The van der Waals surface area contributed by atoms with Crippen molar-refractivity contribution in [1.29, 1.82) is 0 Å². The fraction of sp³-hybridized carbons (Fsp3) is 0.714. The molecule has 0 unspecified atom stereocenters. The number of aliphatic hydroxyl groups excluding tert-OH is 1. The second-order valence-electron chi connectivity index (χ2n) is 5.23. The molecule has 6 heteroatoms. The van der Waals surface area contributed by atoms with Crippen molar-refractivity contribution in [2.24, 2.45) is 5.41 Å². The fourth-order valence-electron chi connectivity index (χ4n) is 1.96. The summed E-state index contributed by atoms with van der Waals surface area (Å²) in [5, 5.41) is 15.8. The number of anilines is 2. The third-order valence-corrected chi connectivity index (χ3v) is 3.50. The molecule has 0 amide bonds. The lowest BCUT2D eigenvalue weighted by Crippen LogP contribution is -2.20. The maximum Gasteiger partial charge on any atom is 0.158 e. The molecule has 1 aliphatic carbocycles. The maximum absolute atomic E-state index is 9.34. The van der Waals surface area contributed by atoms with Gasteiger partial charge in [0, 0.05) is 31.2 Å². The third kappa shape index (κ3) is 4.05. The summed E-state index contributed by atoms with van der Waals surface area (Å²) in [6, 6.07) is 1.90. The Balaban J connectivity index is 2.03. The highest BCUT2D eigenvalue weighted by Gasteiger charge is 2.41. The van der Waals surface area contributed by atoms with Crippen molar-refractivity contribution in [2.75, 3.05) is 36.9 Å². The minimum atomic E-state index is 0.0589. The first-order chi connectivity index (χ1) is 9.71. The van der Waals surface area contributed by atoms with Crippen LogP contribution in [0.4, 0.5) is 11.6 Å². The number of nitrogens with one attached hydrogen (secondary N) is 2. The van der Waals surface area contributed by atoms with Gasteiger partial charge in [0.25, 0.3) is 0 Å². The molecule has 112 valence electrons. The summed E-state index contributed by atoms with van der Waals surface area (Å²) in [6.45, 7) is 6.83. The zero-order chi connectivity index (χ0) is 14.4. The molecule has 1 saturated carbocycles. The van der Waals surface area contributed by atoms with Gasteiger partial charge in [-0.1, -0.05) is 0 Å². The molecular formula is C14H24N4O2. The van der Waals surface area contributed by atoms with Gasteiger partial charge in [0.2, 0.25) is 0 Å². The SMILES string of the molecule is CCNc1cc(NCC2(CO)CC2)nc(COCC)n1. The molecule has 1 heterocycles. The van der Waals surface area contributed by atoms with Crippen LogP contribution in [0.5, 0.6) is 0 Å². The van der Waals surface area contributed by atoms with E-state index in [1.165, 1.54) is 0 Å². The van der Waals surface area contributed by atoms with E-state index in [0.29, 0.717) is 19.0 Å². The van der Waals surface area contributed by atoms with Gasteiger partial charge >= 0.3 is 0 Å². The van der Waals surface area contributed by atoms with Gasteiger partial charge < -0.3 is 20.5 Å². The van der Waals surface area contributed by atoms with Crippen molar-refractivity contribution in [2.45, 2.75) is 33.3 Å². The molecule has 0 aliphatic heterocycles. The smallest absolute Gasteiger partial charge is 0.158 e. The van der Waals surface area contributed by atoms with E-state index in [9.17, 15) is 5.11 Å². The Morgan fingerprint density at radius 1 is 1.25 bits per heavy atom. The summed E-state index contributed by atoms with van der Waals surface area (Å²) in [6.07, 6.45) is 2.15. The molecule has 6 nitrogen and oxygen atoms in total. The van der Waals surface area contributed by atoms with E-state index >= 15 is 0 Å². The van der Waals surface area contributed by atoms with Gasteiger partial charge in [0.1, 0.15) is 18.2 Å². The molecule has 2 rings (SSSR count). The van der Waals surface area contributed by atoms with Gasteiger partial charge in [-0.3, -0.25) is 0 Å². The summed E-state index contributed by atoms with van der Waals surface area (Å²) in [5.41, 5.74) is 0.0589. The first-order valence-corrected chi connectivity index (χ1v) is 7.25. The fourth-order valence-corrected chi connectivity index (χ4v) is 1.96. The third-order valence-electron chi connectivity index (χ3n) is 3.50. The van der Waals surface area contributed by atoms with E-state index in [2.05, 4.69) is 20.6 Å². The molecule has 0 atom stereocenters. The molecule has 1 aliphatic rings. The Hall–Kier alpha value is -1.40. The molecule has 3 N–H and O–H groups in total. The molecular weight excluding hydrogens is 256 g/mol. The average molecular weight is 280 g/mol. The lowest BCUT2D eigenvalue weighted by atomic mass is 10.1. The van der Waals surface area contributed by atoms with Crippen LogP contribution in [0.2, 0.25) is 0 Å². The zero-order valence-corrected chi connectivity index (χ0v) is 12.3. The molecule has 1 fully saturated rings. The standard InChI is InChI=1S/C14H24N4O2/c1-3-15-11-7-12(16-9-14(10-19)5-6-14)18-13(17-11)8-20-4-2/h7,19H,3-6,8-10H2,1-2H3,(H2,15,16,17,18). The second-order valence-corrected chi connectivity index (χ2v) is 5.23. The van der Waals surface area contributed by atoms with E-state index in [1.54, 1.807) is 0 Å². The number of aromatic nitrogens is 2. The van der Waals surface area contributed by atoms with Gasteiger partial charge in [-0.05, 0) is 26.7 Å². The number of ether oxygens (including phenoxy) is 1. The van der Waals surface area contributed by atoms with E-state index in [4.69, 9.17) is 4.74 Å². The van der Waals surface area contributed by atoms with Crippen LogP contribution in [-0.2, 0) is 11.3 Å². The molecule has 0 saturated heterocycles. The molecule has 0 aromatic carbocycles. The molecule has 0 bridgehead atoms.